The fraction of sp³-hybridized carbons (Fsp3) is 0.0909. The number of hydrazine groups is 1. The number of aliphatic carboxylic acids is 1. The Morgan fingerprint density at radius 3 is 2.20 bits per heavy atom. The fourth-order valence-corrected chi connectivity index (χ4v) is 5.92. The Bertz CT molecular complexity index is 2000. The van der Waals surface area contributed by atoms with Gasteiger partial charge >= 0.3 is 5.97 Å². The number of nitrogens with zero attached hydrogens (tertiary/aromatic N) is 3. The van der Waals surface area contributed by atoms with Crippen LogP contribution in [0.1, 0.15) is 27.0 Å². The van der Waals surface area contributed by atoms with Crippen LogP contribution in [0.2, 0.25) is 0 Å². The molecule has 2 heterocycles. The molecule has 220 valence electrons. The summed E-state index contributed by atoms with van der Waals surface area (Å²) in [5, 5.41) is 10.3. The molecule has 11 heteroatoms. The van der Waals surface area contributed by atoms with Crippen molar-refractivity contribution < 1.29 is 23.1 Å². The first-order valence-corrected chi connectivity index (χ1v) is 14.8. The van der Waals surface area contributed by atoms with Crippen LogP contribution in [0, 0.1) is 11.8 Å². The van der Waals surface area contributed by atoms with Crippen LogP contribution in [-0.2, 0) is 21.2 Å². The largest absolute Gasteiger partial charge is 0.480 e. The molecular formula is C33H27N5O5S. The van der Waals surface area contributed by atoms with Crippen LogP contribution in [0.5, 0.6) is 0 Å². The number of hydrogen-bond donors (Lipinski definition) is 3. The molecule has 5 aromatic rings. The average molecular weight is 606 g/mol. The summed E-state index contributed by atoms with van der Waals surface area (Å²) in [5.41, 5.74) is 6.47. The topological polar surface area (TPSA) is 156 Å². The second-order valence-electron chi connectivity index (χ2n) is 9.84. The first-order valence-electron chi connectivity index (χ1n) is 13.4. The van der Waals surface area contributed by atoms with Crippen LogP contribution in [0.25, 0.3) is 22.2 Å². The molecule has 44 heavy (non-hydrogen) atoms. The Balaban J connectivity index is 1.33. The highest BCUT2D eigenvalue weighted by atomic mass is 32.2. The lowest BCUT2D eigenvalue weighted by atomic mass is 10.0. The van der Waals surface area contributed by atoms with Gasteiger partial charge in [-0.3, -0.25) is 20.0 Å². The van der Waals surface area contributed by atoms with E-state index < -0.39 is 27.9 Å². The van der Waals surface area contributed by atoms with Crippen molar-refractivity contribution >= 4 is 32.8 Å². The minimum absolute atomic E-state index is 0.0319. The van der Waals surface area contributed by atoms with Gasteiger partial charge in [-0.25, -0.2) is 19.2 Å². The molecule has 4 N–H and O–H groups in total. The molecule has 0 aliphatic heterocycles. The smallest absolute Gasteiger partial charge is 0.322 e. The van der Waals surface area contributed by atoms with Gasteiger partial charge in [0.1, 0.15) is 6.04 Å². The predicted molar refractivity (Wildman–Crippen MR) is 166 cm³/mol. The number of likely N-dealkylation sites (N-methyl/N-ethyl adjacent to an activating group) is 1. The number of rotatable bonds is 8. The standard InChI is InChI=1S/C33H27N5O5S/c1-38(31(33(40)41)19-24-5-3-2-4-6-24)44(42,43)26-15-11-23(12-16-26)8-7-22-9-13-25(14-10-22)30-20-27(32(39)37-34)28-21-35-18-17-29(28)36-30/h2-6,9-18,20-21,31H,19,34H2,1H3,(H,37,39)(H,40,41). The maximum atomic E-state index is 13.2. The van der Waals surface area contributed by atoms with Gasteiger partial charge in [0, 0.05) is 41.5 Å². The van der Waals surface area contributed by atoms with Crippen molar-refractivity contribution in [1.82, 2.24) is 19.7 Å². The Morgan fingerprint density at radius 1 is 0.955 bits per heavy atom. The predicted octanol–water partition coefficient (Wildman–Crippen LogP) is 3.62. The van der Waals surface area contributed by atoms with Crippen molar-refractivity contribution in [2.75, 3.05) is 7.05 Å². The van der Waals surface area contributed by atoms with Crippen molar-refractivity contribution in [1.29, 1.82) is 0 Å². The minimum atomic E-state index is -4.08. The summed E-state index contributed by atoms with van der Waals surface area (Å²) in [5.74, 6) is 9.75. The molecular weight excluding hydrogens is 578 g/mol. The number of carboxylic acid groups (broad SMARTS) is 1. The van der Waals surface area contributed by atoms with E-state index in [9.17, 15) is 23.1 Å². The molecule has 0 saturated heterocycles. The van der Waals surface area contributed by atoms with E-state index >= 15 is 0 Å². The Labute approximate surface area is 254 Å². The van der Waals surface area contributed by atoms with Crippen LogP contribution in [-0.4, -0.2) is 52.8 Å². The number of carbonyl (C=O) groups is 2. The molecule has 0 saturated carbocycles. The van der Waals surface area contributed by atoms with Gasteiger partial charge in [0.2, 0.25) is 10.0 Å². The molecule has 1 amide bonds. The maximum absolute atomic E-state index is 13.2. The number of fused-ring (bicyclic) bond motifs is 1. The van der Waals surface area contributed by atoms with Crippen LogP contribution in [0.15, 0.2) is 108 Å². The molecule has 2 aromatic heterocycles. The molecule has 1 unspecified atom stereocenters. The molecule has 0 aliphatic rings. The summed E-state index contributed by atoms with van der Waals surface area (Å²) in [6.45, 7) is 0. The third kappa shape index (κ3) is 6.48. The number of hydrogen-bond acceptors (Lipinski definition) is 7. The number of aromatic nitrogens is 2. The van der Waals surface area contributed by atoms with Gasteiger partial charge in [-0.05, 0) is 60.5 Å². The number of carboxylic acids is 1. The van der Waals surface area contributed by atoms with Gasteiger partial charge in [-0.1, -0.05) is 54.3 Å². The van der Waals surface area contributed by atoms with Gasteiger partial charge in [-0.2, -0.15) is 4.31 Å². The van der Waals surface area contributed by atoms with Crippen molar-refractivity contribution in [2.24, 2.45) is 5.84 Å². The van der Waals surface area contributed by atoms with Gasteiger partial charge in [-0.15, -0.1) is 0 Å². The number of nitrogens with one attached hydrogen (secondary N) is 1. The van der Waals surface area contributed by atoms with Crippen molar-refractivity contribution in [3.05, 3.63) is 126 Å². The number of benzene rings is 3. The summed E-state index contributed by atoms with van der Waals surface area (Å²) in [7, 11) is -2.81. The SMILES string of the molecule is CN(C(Cc1ccccc1)C(=O)O)S(=O)(=O)c1ccc(C#Cc2ccc(-c3cc(C(=O)NN)c4cnccc4n3)cc2)cc1. The molecule has 0 spiro atoms. The second kappa shape index (κ2) is 12.8. The van der Waals surface area contributed by atoms with E-state index in [1.165, 1.54) is 19.2 Å². The van der Waals surface area contributed by atoms with E-state index in [0.29, 0.717) is 33.3 Å². The van der Waals surface area contributed by atoms with Gasteiger partial charge < -0.3 is 5.11 Å². The van der Waals surface area contributed by atoms with Crippen LogP contribution >= 0.6 is 0 Å². The third-order valence-electron chi connectivity index (χ3n) is 7.04. The number of pyridine rings is 2. The molecule has 3 aromatic carbocycles. The van der Waals surface area contributed by atoms with Gasteiger partial charge in [0.25, 0.3) is 5.91 Å². The summed E-state index contributed by atoms with van der Waals surface area (Å²) in [4.78, 5) is 33.0. The maximum Gasteiger partial charge on any atom is 0.322 e. The first-order chi connectivity index (χ1) is 21.2. The lowest BCUT2D eigenvalue weighted by Crippen LogP contribution is -2.43. The second-order valence-corrected chi connectivity index (χ2v) is 11.8. The van der Waals surface area contributed by atoms with Gasteiger partial charge in [0.15, 0.2) is 0 Å². The molecule has 5 rings (SSSR count). The molecule has 0 fully saturated rings. The van der Waals surface area contributed by atoms with E-state index in [2.05, 4.69) is 27.2 Å². The summed E-state index contributed by atoms with van der Waals surface area (Å²) in [6, 6.07) is 24.3. The third-order valence-corrected chi connectivity index (χ3v) is 8.93. The van der Waals surface area contributed by atoms with Crippen LogP contribution in [0.3, 0.4) is 0 Å². The summed E-state index contributed by atoms with van der Waals surface area (Å²) < 4.78 is 27.4. The molecule has 0 radical (unpaired) electrons. The molecule has 0 bridgehead atoms. The Morgan fingerprint density at radius 2 is 1.59 bits per heavy atom. The van der Waals surface area contributed by atoms with Crippen molar-refractivity contribution in [2.45, 2.75) is 17.4 Å². The lowest BCUT2D eigenvalue weighted by molar-refractivity contribution is -0.141. The molecule has 0 aliphatic carbocycles. The highest BCUT2D eigenvalue weighted by Crippen LogP contribution is 2.25. The number of sulfonamides is 1. The zero-order chi connectivity index (χ0) is 31.3. The van der Waals surface area contributed by atoms with Crippen molar-refractivity contribution in [3.8, 4) is 23.1 Å². The molecule has 10 nitrogen and oxygen atoms in total. The number of nitrogen functional groups attached to an aromatic ring is 1. The first kappa shape index (κ1) is 30.1. The highest BCUT2D eigenvalue weighted by molar-refractivity contribution is 7.89. The highest BCUT2D eigenvalue weighted by Gasteiger charge is 2.33. The average Bonchev–Trinajstić information content (AvgIpc) is 3.05. The Kier molecular flexibility index (Phi) is 8.78. The normalized spacial score (nSPS) is 11.9. The zero-order valence-electron chi connectivity index (χ0n) is 23.5. The van der Waals surface area contributed by atoms with E-state index in [0.717, 1.165) is 15.4 Å². The minimum Gasteiger partial charge on any atom is -0.480 e. The quantitative estimate of drug-likeness (QED) is 0.105. The lowest BCUT2D eigenvalue weighted by Gasteiger charge is -2.24. The summed E-state index contributed by atoms with van der Waals surface area (Å²) >= 11 is 0. The van der Waals surface area contributed by atoms with Gasteiger partial charge in [0.05, 0.1) is 21.7 Å². The molecule has 1 atom stereocenters. The van der Waals surface area contributed by atoms with Crippen molar-refractivity contribution in [3.63, 3.8) is 0 Å². The Hall–Kier alpha value is -5.41. The monoisotopic (exact) mass is 605 g/mol. The van der Waals surface area contributed by atoms with Crippen LogP contribution in [0.4, 0.5) is 0 Å². The van der Waals surface area contributed by atoms with Crippen LogP contribution < -0.4 is 11.3 Å². The van der Waals surface area contributed by atoms with E-state index in [-0.39, 0.29) is 11.3 Å². The number of carbonyl (C=O) groups excluding carboxylic acids is 1. The number of nitrogens with two attached hydrogens (primary N) is 1. The fourth-order valence-electron chi connectivity index (χ4n) is 4.60. The van der Waals surface area contributed by atoms with E-state index in [1.807, 2.05) is 30.3 Å². The van der Waals surface area contributed by atoms with E-state index in [1.54, 1.807) is 60.9 Å². The number of amides is 1. The summed E-state index contributed by atoms with van der Waals surface area (Å²) in [6.07, 6.45) is 3.20. The zero-order valence-corrected chi connectivity index (χ0v) is 24.3. The van der Waals surface area contributed by atoms with E-state index in [4.69, 9.17) is 5.84 Å².